The summed E-state index contributed by atoms with van der Waals surface area (Å²) >= 11 is 5.85. The number of nitrogens with one attached hydrogen (secondary N) is 2. The summed E-state index contributed by atoms with van der Waals surface area (Å²) in [5.74, 6) is 0.121. The SMILES string of the molecule is COc1ccc(S(=O)(=O)N[C@@H](C)C(=O)NC(C)c2ccc(Cl)cc2)cc1. The summed E-state index contributed by atoms with van der Waals surface area (Å²) in [6.45, 7) is 3.30. The van der Waals surface area contributed by atoms with E-state index in [1.165, 1.54) is 26.2 Å². The van der Waals surface area contributed by atoms with Crippen molar-refractivity contribution in [3.05, 3.63) is 59.1 Å². The van der Waals surface area contributed by atoms with Gasteiger partial charge in [0.1, 0.15) is 5.75 Å². The molecule has 0 aliphatic heterocycles. The zero-order valence-corrected chi connectivity index (χ0v) is 16.3. The third-order valence-corrected chi connectivity index (χ3v) is 5.63. The van der Waals surface area contributed by atoms with Crippen molar-refractivity contribution in [2.75, 3.05) is 7.11 Å². The van der Waals surface area contributed by atoms with Crippen LogP contribution in [0.2, 0.25) is 5.02 Å². The number of ether oxygens (including phenoxy) is 1. The summed E-state index contributed by atoms with van der Waals surface area (Å²) in [5.41, 5.74) is 0.868. The van der Waals surface area contributed by atoms with Crippen LogP contribution in [-0.2, 0) is 14.8 Å². The Balaban J connectivity index is 2.01. The van der Waals surface area contributed by atoms with Gasteiger partial charge in [-0.25, -0.2) is 8.42 Å². The number of hydrogen-bond acceptors (Lipinski definition) is 4. The van der Waals surface area contributed by atoms with E-state index in [2.05, 4.69) is 10.0 Å². The van der Waals surface area contributed by atoms with Gasteiger partial charge in [0.05, 0.1) is 24.1 Å². The molecule has 0 saturated carbocycles. The monoisotopic (exact) mass is 396 g/mol. The molecule has 2 atom stereocenters. The van der Waals surface area contributed by atoms with Crippen molar-refractivity contribution in [3.63, 3.8) is 0 Å². The molecular weight excluding hydrogens is 376 g/mol. The number of hydrogen-bond donors (Lipinski definition) is 2. The molecule has 2 rings (SSSR count). The molecule has 26 heavy (non-hydrogen) atoms. The van der Waals surface area contributed by atoms with Crippen LogP contribution in [0.25, 0.3) is 0 Å². The zero-order chi connectivity index (χ0) is 19.3. The van der Waals surface area contributed by atoms with Gasteiger partial charge < -0.3 is 10.1 Å². The van der Waals surface area contributed by atoms with E-state index in [-0.39, 0.29) is 10.9 Å². The van der Waals surface area contributed by atoms with Crippen LogP contribution in [0.5, 0.6) is 5.75 Å². The molecular formula is C18H21ClN2O4S. The lowest BCUT2D eigenvalue weighted by Crippen LogP contribution is -2.45. The molecule has 2 N–H and O–H groups in total. The molecule has 0 heterocycles. The van der Waals surface area contributed by atoms with E-state index < -0.39 is 22.0 Å². The quantitative estimate of drug-likeness (QED) is 0.753. The summed E-state index contributed by atoms with van der Waals surface area (Å²) in [4.78, 5) is 12.4. The summed E-state index contributed by atoms with van der Waals surface area (Å²) in [5, 5.41) is 3.38. The highest BCUT2D eigenvalue weighted by molar-refractivity contribution is 7.89. The molecule has 140 valence electrons. The van der Waals surface area contributed by atoms with Crippen LogP contribution >= 0.6 is 11.6 Å². The second kappa shape index (κ2) is 8.53. The van der Waals surface area contributed by atoms with Crippen molar-refractivity contribution in [1.82, 2.24) is 10.0 Å². The fourth-order valence-corrected chi connectivity index (χ4v) is 3.61. The Kier molecular flexibility index (Phi) is 6.63. The van der Waals surface area contributed by atoms with E-state index in [0.29, 0.717) is 10.8 Å². The lowest BCUT2D eigenvalue weighted by molar-refractivity contribution is -0.123. The van der Waals surface area contributed by atoms with Gasteiger partial charge in [0.25, 0.3) is 0 Å². The Hall–Kier alpha value is -2.09. The average Bonchev–Trinajstić information content (AvgIpc) is 2.61. The summed E-state index contributed by atoms with van der Waals surface area (Å²) in [7, 11) is -2.32. The van der Waals surface area contributed by atoms with Crippen molar-refractivity contribution in [2.45, 2.75) is 30.8 Å². The van der Waals surface area contributed by atoms with Gasteiger partial charge in [-0.1, -0.05) is 23.7 Å². The Morgan fingerprint density at radius 3 is 2.15 bits per heavy atom. The van der Waals surface area contributed by atoms with Crippen LogP contribution in [0.1, 0.15) is 25.5 Å². The highest BCUT2D eigenvalue weighted by atomic mass is 35.5. The molecule has 0 spiro atoms. The smallest absolute Gasteiger partial charge is 0.241 e. The normalized spacial score (nSPS) is 13.7. The number of carbonyl (C=O) groups excluding carboxylic acids is 1. The zero-order valence-electron chi connectivity index (χ0n) is 14.7. The van der Waals surface area contributed by atoms with Crippen LogP contribution in [0.4, 0.5) is 0 Å². The van der Waals surface area contributed by atoms with Crippen molar-refractivity contribution in [2.24, 2.45) is 0 Å². The number of halogens is 1. The number of amides is 1. The van der Waals surface area contributed by atoms with E-state index in [0.717, 1.165) is 5.56 Å². The first-order chi connectivity index (χ1) is 12.2. The van der Waals surface area contributed by atoms with Gasteiger partial charge >= 0.3 is 0 Å². The van der Waals surface area contributed by atoms with Gasteiger partial charge in [-0.15, -0.1) is 0 Å². The molecule has 0 saturated heterocycles. The minimum atomic E-state index is -3.82. The second-order valence-electron chi connectivity index (χ2n) is 5.80. The molecule has 0 aliphatic carbocycles. The van der Waals surface area contributed by atoms with Crippen molar-refractivity contribution >= 4 is 27.5 Å². The van der Waals surface area contributed by atoms with Gasteiger partial charge in [-0.2, -0.15) is 4.72 Å². The predicted molar refractivity (Wildman–Crippen MR) is 101 cm³/mol. The first-order valence-corrected chi connectivity index (χ1v) is 9.81. The van der Waals surface area contributed by atoms with Gasteiger partial charge in [0.15, 0.2) is 0 Å². The maximum atomic E-state index is 12.4. The van der Waals surface area contributed by atoms with Crippen molar-refractivity contribution in [1.29, 1.82) is 0 Å². The minimum Gasteiger partial charge on any atom is -0.497 e. The molecule has 0 fully saturated rings. The number of carbonyl (C=O) groups is 1. The van der Waals surface area contributed by atoms with E-state index in [9.17, 15) is 13.2 Å². The molecule has 8 heteroatoms. The first kappa shape index (κ1) is 20.2. The lowest BCUT2D eigenvalue weighted by Gasteiger charge is -2.19. The fraction of sp³-hybridized carbons (Fsp3) is 0.278. The number of methoxy groups -OCH3 is 1. The Morgan fingerprint density at radius 2 is 1.62 bits per heavy atom. The van der Waals surface area contributed by atoms with Gasteiger partial charge in [-0.05, 0) is 55.8 Å². The molecule has 1 unspecified atom stereocenters. The van der Waals surface area contributed by atoms with Crippen molar-refractivity contribution in [3.8, 4) is 5.75 Å². The van der Waals surface area contributed by atoms with Crippen LogP contribution < -0.4 is 14.8 Å². The van der Waals surface area contributed by atoms with Crippen LogP contribution in [0, 0.1) is 0 Å². The van der Waals surface area contributed by atoms with Gasteiger partial charge in [0, 0.05) is 5.02 Å². The van der Waals surface area contributed by atoms with E-state index in [1.807, 2.05) is 6.92 Å². The molecule has 0 bridgehead atoms. The molecule has 6 nitrogen and oxygen atoms in total. The predicted octanol–water partition coefficient (Wildman–Crippen LogP) is 2.89. The maximum Gasteiger partial charge on any atom is 0.241 e. The summed E-state index contributed by atoms with van der Waals surface area (Å²) in [6, 6.07) is 11.8. The largest absolute Gasteiger partial charge is 0.497 e. The second-order valence-corrected chi connectivity index (χ2v) is 7.95. The number of rotatable bonds is 7. The third kappa shape index (κ3) is 5.20. The van der Waals surface area contributed by atoms with Gasteiger partial charge in [-0.3, -0.25) is 4.79 Å². The highest BCUT2D eigenvalue weighted by Gasteiger charge is 2.23. The first-order valence-electron chi connectivity index (χ1n) is 7.95. The topological polar surface area (TPSA) is 84.5 Å². The summed E-state index contributed by atoms with van der Waals surface area (Å²) in [6.07, 6.45) is 0. The summed E-state index contributed by atoms with van der Waals surface area (Å²) < 4.78 is 32.2. The molecule has 2 aromatic rings. The molecule has 2 aromatic carbocycles. The average molecular weight is 397 g/mol. The minimum absolute atomic E-state index is 0.0590. The van der Waals surface area contributed by atoms with Crippen molar-refractivity contribution < 1.29 is 17.9 Å². The Labute approximate surface area is 158 Å². The van der Waals surface area contributed by atoms with Crippen LogP contribution in [0.15, 0.2) is 53.4 Å². The maximum absolute atomic E-state index is 12.4. The van der Waals surface area contributed by atoms with Gasteiger partial charge in [0.2, 0.25) is 15.9 Å². The van der Waals surface area contributed by atoms with E-state index >= 15 is 0 Å². The molecule has 1 amide bonds. The van der Waals surface area contributed by atoms with Crippen LogP contribution in [0.3, 0.4) is 0 Å². The number of benzene rings is 2. The fourth-order valence-electron chi connectivity index (χ4n) is 2.28. The van der Waals surface area contributed by atoms with E-state index in [1.54, 1.807) is 36.4 Å². The highest BCUT2D eigenvalue weighted by Crippen LogP contribution is 2.17. The Morgan fingerprint density at radius 1 is 1.04 bits per heavy atom. The molecule has 0 radical (unpaired) electrons. The van der Waals surface area contributed by atoms with E-state index in [4.69, 9.17) is 16.3 Å². The third-order valence-electron chi connectivity index (χ3n) is 3.82. The molecule has 0 aliphatic rings. The van der Waals surface area contributed by atoms with Crippen LogP contribution in [-0.4, -0.2) is 27.5 Å². The molecule has 0 aromatic heterocycles. The number of sulfonamides is 1. The lowest BCUT2D eigenvalue weighted by atomic mass is 10.1. The Bertz CT molecular complexity index is 852. The standard InChI is InChI=1S/C18H21ClN2O4S/c1-12(14-4-6-15(19)7-5-14)20-18(22)13(2)21-26(23,24)17-10-8-16(25-3)9-11-17/h4-13,21H,1-3H3,(H,20,22)/t12?,13-/m0/s1.